The second-order valence-corrected chi connectivity index (χ2v) is 13.4. The molecule has 0 saturated carbocycles. The van der Waals surface area contributed by atoms with Crippen LogP contribution in [-0.4, -0.2) is 22.5 Å². The predicted molar refractivity (Wildman–Crippen MR) is 161 cm³/mol. The number of benzene rings is 4. The second-order valence-electron chi connectivity index (χ2n) is 10.1. The minimum atomic E-state index is -1.24. The lowest BCUT2D eigenvalue weighted by molar-refractivity contribution is 0.239. The van der Waals surface area contributed by atoms with Gasteiger partial charge in [0.1, 0.15) is 17.2 Å². The standard InChI is InChI=1S/C32H37NO3P2/c1-27-20-22-28(23-21-27)26-33(32(2,3)4)37(34-29-14-8-5-9-15-29)24-25-38(35-30-16-10-6-11-17-30)36-31-18-12-7-13-19-31/h5-23H,24-26H2,1-4H3. The summed E-state index contributed by atoms with van der Waals surface area (Å²) in [5, 5.41) is 0. The van der Waals surface area contributed by atoms with Gasteiger partial charge in [-0.2, -0.15) is 0 Å². The topological polar surface area (TPSA) is 30.9 Å². The van der Waals surface area contributed by atoms with Crippen molar-refractivity contribution in [3.8, 4) is 17.2 Å². The molecule has 0 aromatic heterocycles. The Morgan fingerprint density at radius 2 is 1.03 bits per heavy atom. The lowest BCUT2D eigenvalue weighted by Crippen LogP contribution is -2.38. The maximum Gasteiger partial charge on any atom is 0.290 e. The van der Waals surface area contributed by atoms with Gasteiger partial charge in [-0.15, -0.1) is 0 Å². The molecule has 4 aromatic carbocycles. The molecule has 198 valence electrons. The van der Waals surface area contributed by atoms with Crippen LogP contribution < -0.4 is 13.6 Å². The van der Waals surface area contributed by atoms with E-state index in [9.17, 15) is 0 Å². The van der Waals surface area contributed by atoms with Crippen molar-refractivity contribution in [2.75, 3.05) is 12.3 Å². The molecule has 1 unspecified atom stereocenters. The van der Waals surface area contributed by atoms with Crippen molar-refractivity contribution in [3.05, 3.63) is 126 Å². The zero-order valence-corrected chi connectivity index (χ0v) is 24.4. The van der Waals surface area contributed by atoms with Gasteiger partial charge < -0.3 is 13.6 Å². The highest BCUT2D eigenvalue weighted by Crippen LogP contribution is 2.51. The number of rotatable bonds is 12. The van der Waals surface area contributed by atoms with E-state index in [0.717, 1.165) is 36.1 Å². The van der Waals surface area contributed by atoms with Gasteiger partial charge in [0.15, 0.2) is 8.30 Å². The van der Waals surface area contributed by atoms with Gasteiger partial charge in [0.25, 0.3) is 8.38 Å². The van der Waals surface area contributed by atoms with E-state index < -0.39 is 16.7 Å². The molecule has 4 rings (SSSR count). The van der Waals surface area contributed by atoms with Crippen molar-refractivity contribution in [1.82, 2.24) is 4.67 Å². The van der Waals surface area contributed by atoms with E-state index in [0.29, 0.717) is 0 Å². The molecule has 0 amide bonds. The van der Waals surface area contributed by atoms with E-state index in [4.69, 9.17) is 13.6 Å². The molecule has 0 bridgehead atoms. The van der Waals surface area contributed by atoms with Gasteiger partial charge in [-0.1, -0.05) is 84.4 Å². The Labute approximate surface area is 230 Å². The fourth-order valence-electron chi connectivity index (χ4n) is 3.81. The zero-order chi connectivity index (χ0) is 26.8. The summed E-state index contributed by atoms with van der Waals surface area (Å²) in [6, 6.07) is 38.8. The molecule has 0 aliphatic carbocycles. The molecule has 0 fully saturated rings. The van der Waals surface area contributed by atoms with E-state index in [-0.39, 0.29) is 5.54 Å². The number of para-hydroxylation sites is 3. The molecule has 0 heterocycles. The smallest absolute Gasteiger partial charge is 0.290 e. The Morgan fingerprint density at radius 3 is 1.47 bits per heavy atom. The van der Waals surface area contributed by atoms with Gasteiger partial charge in [-0.25, -0.2) is 4.67 Å². The third-order valence-corrected chi connectivity index (χ3v) is 9.90. The van der Waals surface area contributed by atoms with Crippen molar-refractivity contribution in [2.45, 2.75) is 39.8 Å². The van der Waals surface area contributed by atoms with Crippen LogP contribution in [0.5, 0.6) is 17.2 Å². The van der Waals surface area contributed by atoms with Crippen LogP contribution in [0.3, 0.4) is 0 Å². The van der Waals surface area contributed by atoms with Crippen molar-refractivity contribution in [3.63, 3.8) is 0 Å². The zero-order valence-electron chi connectivity index (χ0n) is 22.7. The average Bonchev–Trinajstić information content (AvgIpc) is 2.92. The third kappa shape index (κ3) is 8.84. The van der Waals surface area contributed by atoms with E-state index in [1.807, 2.05) is 91.0 Å². The van der Waals surface area contributed by atoms with Gasteiger partial charge >= 0.3 is 0 Å². The molecule has 0 saturated heterocycles. The van der Waals surface area contributed by atoms with Gasteiger partial charge in [0, 0.05) is 24.4 Å². The molecular formula is C32H37NO3P2. The van der Waals surface area contributed by atoms with E-state index in [1.54, 1.807) is 0 Å². The number of hydrogen-bond acceptors (Lipinski definition) is 4. The monoisotopic (exact) mass is 545 g/mol. The van der Waals surface area contributed by atoms with Gasteiger partial charge in [0.2, 0.25) is 0 Å². The summed E-state index contributed by atoms with van der Waals surface area (Å²) >= 11 is 0. The molecule has 1 atom stereocenters. The summed E-state index contributed by atoms with van der Waals surface area (Å²) in [4.78, 5) is 0. The van der Waals surface area contributed by atoms with Crippen LogP contribution in [0.4, 0.5) is 0 Å². The maximum atomic E-state index is 6.74. The summed E-state index contributed by atoms with van der Waals surface area (Å²) in [5.74, 6) is 2.51. The SMILES string of the molecule is Cc1ccc(CN(P(CCP(Oc2ccccc2)Oc2ccccc2)Oc2ccccc2)C(C)(C)C)cc1. The highest BCUT2D eigenvalue weighted by atomic mass is 31.2. The molecular weight excluding hydrogens is 508 g/mol. The molecule has 0 radical (unpaired) electrons. The van der Waals surface area contributed by atoms with E-state index in [1.165, 1.54) is 11.1 Å². The van der Waals surface area contributed by atoms with Gasteiger partial charge in [-0.3, -0.25) is 0 Å². The first kappa shape index (κ1) is 28.1. The van der Waals surface area contributed by atoms with Crippen LogP contribution in [-0.2, 0) is 6.54 Å². The Kier molecular flexibility index (Phi) is 10.2. The highest BCUT2D eigenvalue weighted by molar-refractivity contribution is 7.53. The van der Waals surface area contributed by atoms with Crippen molar-refractivity contribution >= 4 is 16.7 Å². The fraction of sp³-hybridized carbons (Fsp3) is 0.250. The molecule has 6 heteroatoms. The van der Waals surface area contributed by atoms with Gasteiger partial charge in [0.05, 0.1) is 0 Å². The lowest BCUT2D eigenvalue weighted by atomic mass is 10.1. The maximum absolute atomic E-state index is 6.74. The van der Waals surface area contributed by atoms with E-state index >= 15 is 0 Å². The van der Waals surface area contributed by atoms with E-state index in [2.05, 4.69) is 56.6 Å². The largest absolute Gasteiger partial charge is 0.458 e. The molecule has 0 aliphatic heterocycles. The summed E-state index contributed by atoms with van der Waals surface area (Å²) in [5.41, 5.74) is 2.44. The quantitative estimate of drug-likeness (QED) is 0.166. The lowest BCUT2D eigenvalue weighted by Gasteiger charge is -2.40. The predicted octanol–water partition coefficient (Wildman–Crippen LogP) is 9.46. The summed E-state index contributed by atoms with van der Waals surface area (Å²) in [6.45, 7) is 9.70. The molecule has 0 N–H and O–H groups in total. The Morgan fingerprint density at radius 1 is 0.579 bits per heavy atom. The first-order valence-electron chi connectivity index (χ1n) is 12.9. The molecule has 0 aliphatic rings. The Balaban J connectivity index is 1.58. The van der Waals surface area contributed by atoms with Crippen molar-refractivity contribution in [1.29, 1.82) is 0 Å². The molecule has 4 nitrogen and oxygen atoms in total. The van der Waals surface area contributed by atoms with Crippen molar-refractivity contribution in [2.24, 2.45) is 0 Å². The van der Waals surface area contributed by atoms with Crippen LogP contribution >= 0.6 is 16.7 Å². The normalized spacial score (nSPS) is 12.4. The number of nitrogens with zero attached hydrogens (tertiary/aromatic N) is 1. The summed E-state index contributed by atoms with van der Waals surface area (Å²) in [7, 11) is -2.25. The highest BCUT2D eigenvalue weighted by Gasteiger charge is 2.33. The average molecular weight is 546 g/mol. The molecule has 38 heavy (non-hydrogen) atoms. The third-order valence-electron chi connectivity index (χ3n) is 5.83. The van der Waals surface area contributed by atoms with Crippen LogP contribution in [0.2, 0.25) is 0 Å². The van der Waals surface area contributed by atoms with Crippen LogP contribution in [0.25, 0.3) is 0 Å². The van der Waals surface area contributed by atoms with Crippen LogP contribution in [0.15, 0.2) is 115 Å². The second kappa shape index (κ2) is 13.8. The van der Waals surface area contributed by atoms with Crippen LogP contribution in [0, 0.1) is 6.92 Å². The molecule has 4 aromatic rings. The van der Waals surface area contributed by atoms with Gasteiger partial charge in [-0.05, 0) is 69.7 Å². The number of aryl methyl sites for hydroxylation is 1. The molecule has 0 spiro atoms. The van der Waals surface area contributed by atoms with Crippen molar-refractivity contribution < 1.29 is 13.6 Å². The fourth-order valence-corrected chi connectivity index (χ4v) is 7.87. The summed E-state index contributed by atoms with van der Waals surface area (Å²) in [6.07, 6.45) is 1.54. The Hall–Kier alpha value is -2.90. The number of hydrogen-bond donors (Lipinski definition) is 0. The minimum absolute atomic E-state index is 0.102. The Bertz CT molecular complexity index is 1180. The minimum Gasteiger partial charge on any atom is -0.458 e. The first-order chi connectivity index (χ1) is 18.4. The first-order valence-corrected chi connectivity index (χ1v) is 15.7. The van der Waals surface area contributed by atoms with Crippen LogP contribution in [0.1, 0.15) is 31.9 Å². The summed E-state index contributed by atoms with van der Waals surface area (Å²) < 4.78 is 22.0.